The molecule has 0 aliphatic heterocycles. The van der Waals surface area contributed by atoms with Crippen molar-refractivity contribution in [1.82, 2.24) is 5.43 Å². The van der Waals surface area contributed by atoms with Gasteiger partial charge in [-0.05, 0) is 56.6 Å². The van der Waals surface area contributed by atoms with Crippen molar-refractivity contribution in [3.63, 3.8) is 0 Å². The van der Waals surface area contributed by atoms with Gasteiger partial charge in [-0.1, -0.05) is 66.7 Å². The molecule has 2 N–H and O–H groups in total. The minimum Gasteiger partial charge on any atom is -0.507 e. The summed E-state index contributed by atoms with van der Waals surface area (Å²) in [4.78, 5) is 12.6. The van der Waals surface area contributed by atoms with Crippen LogP contribution in [-0.4, -0.2) is 17.2 Å². The van der Waals surface area contributed by atoms with Gasteiger partial charge in [0.05, 0.1) is 11.8 Å². The number of hydrogen-bond donors (Lipinski definition) is 2. The zero-order chi connectivity index (χ0) is 20.5. The first-order valence-corrected chi connectivity index (χ1v) is 9.66. The Morgan fingerprint density at radius 2 is 1.33 bits per heavy atom. The van der Waals surface area contributed by atoms with Gasteiger partial charge < -0.3 is 5.11 Å². The highest BCUT2D eigenvalue weighted by Crippen LogP contribution is 2.26. The van der Waals surface area contributed by atoms with Crippen molar-refractivity contribution in [2.24, 2.45) is 5.10 Å². The fourth-order valence-corrected chi connectivity index (χ4v) is 3.73. The molecular weight excluding hydrogens is 372 g/mol. The van der Waals surface area contributed by atoms with Crippen molar-refractivity contribution in [2.45, 2.75) is 0 Å². The summed E-state index contributed by atoms with van der Waals surface area (Å²) >= 11 is 0. The molecule has 0 bridgehead atoms. The zero-order valence-electron chi connectivity index (χ0n) is 16.0. The van der Waals surface area contributed by atoms with Gasteiger partial charge in [0.25, 0.3) is 5.91 Å². The molecule has 144 valence electrons. The quantitative estimate of drug-likeness (QED) is 0.239. The van der Waals surface area contributed by atoms with Crippen LogP contribution in [0.5, 0.6) is 5.75 Å². The Hall–Kier alpha value is -4.18. The Morgan fingerprint density at radius 3 is 2.07 bits per heavy atom. The summed E-state index contributed by atoms with van der Waals surface area (Å²) in [5.74, 6) is -0.529. The number of carbonyl (C=O) groups excluding carboxylic acids is 1. The molecule has 0 unspecified atom stereocenters. The zero-order valence-corrected chi connectivity index (χ0v) is 16.0. The number of rotatable bonds is 3. The molecule has 1 amide bonds. The number of hydrogen-bond acceptors (Lipinski definition) is 3. The molecular formula is C26H18N2O2. The number of nitrogens with zero attached hydrogens (tertiary/aromatic N) is 1. The first kappa shape index (κ1) is 17.9. The van der Waals surface area contributed by atoms with Crippen molar-refractivity contribution in [1.29, 1.82) is 0 Å². The van der Waals surface area contributed by atoms with Gasteiger partial charge in [-0.3, -0.25) is 4.79 Å². The van der Waals surface area contributed by atoms with Gasteiger partial charge in [0.15, 0.2) is 0 Å². The number of benzene rings is 5. The molecule has 0 heterocycles. The highest BCUT2D eigenvalue weighted by atomic mass is 16.3. The van der Waals surface area contributed by atoms with E-state index in [1.165, 1.54) is 5.39 Å². The first-order valence-electron chi connectivity index (χ1n) is 9.66. The molecule has 30 heavy (non-hydrogen) atoms. The third-order valence-corrected chi connectivity index (χ3v) is 5.26. The molecule has 5 aromatic rings. The average molecular weight is 390 g/mol. The lowest BCUT2D eigenvalue weighted by Gasteiger charge is -2.07. The van der Waals surface area contributed by atoms with Gasteiger partial charge >= 0.3 is 0 Å². The van der Waals surface area contributed by atoms with Crippen LogP contribution in [0, 0.1) is 0 Å². The molecule has 5 rings (SSSR count). The Bertz CT molecular complexity index is 1450. The van der Waals surface area contributed by atoms with Crippen LogP contribution < -0.4 is 5.43 Å². The minimum atomic E-state index is -0.458. The fraction of sp³-hybridized carbons (Fsp3) is 0. The summed E-state index contributed by atoms with van der Waals surface area (Å²) in [6, 6.07) is 29.3. The number of hydrazone groups is 1. The molecule has 5 aromatic carbocycles. The summed E-state index contributed by atoms with van der Waals surface area (Å²) in [5, 5.41) is 20.6. The molecule has 0 fully saturated rings. The maximum absolute atomic E-state index is 12.6. The summed E-state index contributed by atoms with van der Waals surface area (Å²) in [6.07, 6.45) is 1.63. The number of phenols is 1. The second-order valence-electron chi connectivity index (χ2n) is 7.18. The fourth-order valence-electron chi connectivity index (χ4n) is 3.73. The lowest BCUT2D eigenvalue weighted by atomic mass is 10.0. The molecule has 0 aliphatic carbocycles. The van der Waals surface area contributed by atoms with Crippen molar-refractivity contribution in [3.05, 3.63) is 102 Å². The number of nitrogens with one attached hydrogen (secondary N) is 1. The Kier molecular flexibility index (Phi) is 4.37. The van der Waals surface area contributed by atoms with E-state index in [1.54, 1.807) is 18.3 Å². The van der Waals surface area contributed by atoms with Crippen LogP contribution in [0.25, 0.3) is 32.3 Å². The highest BCUT2D eigenvalue weighted by Gasteiger charge is 2.11. The standard InChI is InChI=1S/C26H18N2O2/c29-25-15-20-9-4-3-8-19(20)14-24(25)26(30)28-27-16-22-11-5-10-21-12-17-6-1-2-7-18(17)13-23(21)22/h1-16,29H,(H,28,30). The van der Waals surface area contributed by atoms with E-state index < -0.39 is 5.91 Å². The van der Waals surface area contributed by atoms with Gasteiger partial charge in [0.2, 0.25) is 0 Å². The van der Waals surface area contributed by atoms with E-state index in [4.69, 9.17) is 0 Å². The lowest BCUT2D eigenvalue weighted by Crippen LogP contribution is -2.17. The topological polar surface area (TPSA) is 61.7 Å². The van der Waals surface area contributed by atoms with E-state index in [1.807, 2.05) is 48.5 Å². The van der Waals surface area contributed by atoms with E-state index in [0.717, 1.165) is 32.5 Å². The van der Waals surface area contributed by atoms with Crippen molar-refractivity contribution in [2.75, 3.05) is 0 Å². The summed E-state index contributed by atoms with van der Waals surface area (Å²) in [7, 11) is 0. The predicted molar refractivity (Wildman–Crippen MR) is 122 cm³/mol. The van der Waals surface area contributed by atoms with E-state index in [9.17, 15) is 9.90 Å². The molecule has 0 atom stereocenters. The Morgan fingerprint density at radius 1 is 0.733 bits per heavy atom. The predicted octanol–water partition coefficient (Wildman–Crippen LogP) is 5.62. The van der Waals surface area contributed by atoms with E-state index in [2.05, 4.69) is 40.9 Å². The SMILES string of the molecule is O=C(NN=Cc1cccc2cc3ccccc3cc12)c1cc2ccccc2cc1O. The van der Waals surface area contributed by atoms with Gasteiger partial charge in [-0.2, -0.15) is 5.10 Å². The van der Waals surface area contributed by atoms with E-state index >= 15 is 0 Å². The van der Waals surface area contributed by atoms with Crippen molar-refractivity contribution in [3.8, 4) is 5.75 Å². The lowest BCUT2D eigenvalue weighted by molar-refractivity contribution is 0.0952. The normalized spacial score (nSPS) is 11.5. The smallest absolute Gasteiger partial charge is 0.275 e. The number of aromatic hydroxyl groups is 1. The van der Waals surface area contributed by atoms with Crippen molar-refractivity contribution >= 4 is 44.4 Å². The number of phenolic OH excluding ortho intramolecular Hbond substituents is 1. The largest absolute Gasteiger partial charge is 0.507 e. The van der Waals surface area contributed by atoms with Crippen LogP contribution in [-0.2, 0) is 0 Å². The molecule has 0 aliphatic rings. The van der Waals surface area contributed by atoms with Crippen LogP contribution >= 0.6 is 0 Å². The summed E-state index contributed by atoms with van der Waals surface area (Å²) in [5.41, 5.74) is 3.62. The first-order chi connectivity index (χ1) is 14.7. The van der Waals surface area contributed by atoms with Crippen molar-refractivity contribution < 1.29 is 9.90 Å². The third-order valence-electron chi connectivity index (χ3n) is 5.26. The molecule has 4 nitrogen and oxygen atoms in total. The summed E-state index contributed by atoms with van der Waals surface area (Å²) < 4.78 is 0. The van der Waals surface area contributed by atoms with Gasteiger partial charge in [-0.15, -0.1) is 0 Å². The summed E-state index contributed by atoms with van der Waals surface area (Å²) in [6.45, 7) is 0. The van der Waals surface area contributed by atoms with Crippen LogP contribution in [0.2, 0.25) is 0 Å². The Labute approximate surface area is 173 Å². The van der Waals surface area contributed by atoms with Crippen LogP contribution in [0.1, 0.15) is 15.9 Å². The molecule has 0 saturated heterocycles. The van der Waals surface area contributed by atoms with Gasteiger partial charge in [0, 0.05) is 5.56 Å². The maximum atomic E-state index is 12.6. The Balaban J connectivity index is 1.44. The van der Waals surface area contributed by atoms with Gasteiger partial charge in [0.1, 0.15) is 5.75 Å². The monoisotopic (exact) mass is 390 g/mol. The molecule has 0 aromatic heterocycles. The van der Waals surface area contributed by atoms with Gasteiger partial charge in [-0.25, -0.2) is 5.43 Å². The van der Waals surface area contributed by atoms with E-state index in [0.29, 0.717) is 0 Å². The third kappa shape index (κ3) is 3.25. The average Bonchev–Trinajstić information content (AvgIpc) is 2.77. The second-order valence-corrected chi connectivity index (χ2v) is 7.18. The molecule has 0 spiro atoms. The van der Waals surface area contributed by atoms with E-state index in [-0.39, 0.29) is 11.3 Å². The van der Waals surface area contributed by atoms with Crippen LogP contribution in [0.15, 0.2) is 96.1 Å². The number of carbonyl (C=O) groups is 1. The second kappa shape index (κ2) is 7.33. The molecule has 0 saturated carbocycles. The molecule has 0 radical (unpaired) electrons. The number of amides is 1. The van der Waals surface area contributed by atoms with Crippen LogP contribution in [0.4, 0.5) is 0 Å². The minimum absolute atomic E-state index is 0.0713. The maximum Gasteiger partial charge on any atom is 0.275 e. The molecule has 4 heteroatoms. The number of fused-ring (bicyclic) bond motifs is 3. The van der Waals surface area contributed by atoms with Crippen LogP contribution in [0.3, 0.4) is 0 Å². The highest BCUT2D eigenvalue weighted by molar-refractivity contribution is 6.07.